The Hall–Kier alpha value is -1.95. The minimum Gasteiger partial charge on any atom is -0.389 e. The SMILES string of the molecule is O[C@@H](COCc1cccs1)Cn1cc(-c2ccccc2)cn1. The highest BCUT2D eigenvalue weighted by atomic mass is 32.1. The molecule has 0 unspecified atom stereocenters. The first kappa shape index (κ1) is 15.0. The second kappa shape index (κ2) is 7.35. The van der Waals surface area contributed by atoms with Gasteiger partial charge >= 0.3 is 0 Å². The molecule has 0 spiro atoms. The number of thiophene rings is 1. The molecule has 2 aromatic heterocycles. The average molecular weight is 314 g/mol. The van der Waals surface area contributed by atoms with Crippen LogP contribution in [0.15, 0.2) is 60.2 Å². The molecule has 3 aromatic rings. The van der Waals surface area contributed by atoms with Crippen LogP contribution in [0.1, 0.15) is 4.88 Å². The molecule has 0 saturated carbocycles. The number of ether oxygens (including phenoxy) is 1. The maximum atomic E-state index is 10.0. The van der Waals surface area contributed by atoms with Crippen LogP contribution < -0.4 is 0 Å². The summed E-state index contributed by atoms with van der Waals surface area (Å²) in [5.74, 6) is 0. The molecule has 0 fully saturated rings. The standard InChI is InChI=1S/C17H18N2O2S/c20-16(12-21-13-17-7-4-8-22-17)11-19-10-15(9-18-19)14-5-2-1-3-6-14/h1-10,16,20H,11-13H2/t16-/m1/s1. The van der Waals surface area contributed by atoms with Gasteiger partial charge in [-0.15, -0.1) is 11.3 Å². The molecular weight excluding hydrogens is 296 g/mol. The van der Waals surface area contributed by atoms with E-state index in [1.807, 2.05) is 60.2 Å². The molecular formula is C17H18N2O2S. The van der Waals surface area contributed by atoms with Crippen LogP contribution in [-0.2, 0) is 17.9 Å². The Morgan fingerprint density at radius 3 is 2.77 bits per heavy atom. The molecule has 0 radical (unpaired) electrons. The number of aliphatic hydroxyl groups excluding tert-OH is 1. The number of hydrogen-bond donors (Lipinski definition) is 1. The fourth-order valence-corrected chi connectivity index (χ4v) is 2.84. The molecule has 0 amide bonds. The summed E-state index contributed by atoms with van der Waals surface area (Å²) < 4.78 is 7.27. The van der Waals surface area contributed by atoms with Crippen molar-refractivity contribution in [3.8, 4) is 11.1 Å². The minimum absolute atomic E-state index is 0.304. The molecule has 114 valence electrons. The van der Waals surface area contributed by atoms with Crippen molar-refractivity contribution in [2.75, 3.05) is 6.61 Å². The van der Waals surface area contributed by atoms with Gasteiger partial charge in [-0.25, -0.2) is 0 Å². The summed E-state index contributed by atoms with van der Waals surface area (Å²) in [5.41, 5.74) is 2.17. The summed E-state index contributed by atoms with van der Waals surface area (Å²) in [5, 5.41) is 16.3. The van der Waals surface area contributed by atoms with Crippen LogP contribution >= 0.6 is 11.3 Å². The maximum Gasteiger partial charge on any atom is 0.0969 e. The highest BCUT2D eigenvalue weighted by Crippen LogP contribution is 2.17. The maximum absolute atomic E-state index is 10.0. The summed E-state index contributed by atoms with van der Waals surface area (Å²) in [6.45, 7) is 1.28. The third-order valence-electron chi connectivity index (χ3n) is 3.27. The van der Waals surface area contributed by atoms with E-state index < -0.39 is 6.10 Å². The van der Waals surface area contributed by atoms with Crippen molar-refractivity contribution < 1.29 is 9.84 Å². The quantitative estimate of drug-likeness (QED) is 0.728. The summed E-state index contributed by atoms with van der Waals surface area (Å²) in [6.07, 6.45) is 3.19. The Morgan fingerprint density at radius 2 is 2.00 bits per heavy atom. The highest BCUT2D eigenvalue weighted by Gasteiger charge is 2.08. The fourth-order valence-electron chi connectivity index (χ4n) is 2.20. The van der Waals surface area contributed by atoms with Crippen molar-refractivity contribution in [1.29, 1.82) is 0 Å². The predicted octanol–water partition coefficient (Wildman–Crippen LogP) is 3.19. The Labute approximate surface area is 133 Å². The van der Waals surface area contributed by atoms with Crippen molar-refractivity contribution in [1.82, 2.24) is 9.78 Å². The predicted molar refractivity (Wildman–Crippen MR) is 87.6 cm³/mol. The average Bonchev–Trinajstić information content (AvgIpc) is 3.20. The summed E-state index contributed by atoms with van der Waals surface area (Å²) in [4.78, 5) is 1.16. The Bertz CT molecular complexity index is 680. The molecule has 0 aliphatic carbocycles. The van der Waals surface area contributed by atoms with Gasteiger partial charge in [-0.05, 0) is 17.0 Å². The highest BCUT2D eigenvalue weighted by molar-refractivity contribution is 7.09. The van der Waals surface area contributed by atoms with Crippen molar-refractivity contribution in [3.63, 3.8) is 0 Å². The topological polar surface area (TPSA) is 47.3 Å². The lowest BCUT2D eigenvalue weighted by atomic mass is 10.1. The van der Waals surface area contributed by atoms with Gasteiger partial charge in [0.15, 0.2) is 0 Å². The lowest BCUT2D eigenvalue weighted by molar-refractivity contribution is 0.0196. The van der Waals surface area contributed by atoms with E-state index in [1.165, 1.54) is 0 Å². The van der Waals surface area contributed by atoms with Gasteiger partial charge in [0.1, 0.15) is 0 Å². The lowest BCUT2D eigenvalue weighted by Crippen LogP contribution is -2.22. The Kier molecular flexibility index (Phi) is 5.00. The third kappa shape index (κ3) is 4.04. The molecule has 1 atom stereocenters. The van der Waals surface area contributed by atoms with Gasteiger partial charge in [0.25, 0.3) is 0 Å². The van der Waals surface area contributed by atoms with E-state index >= 15 is 0 Å². The lowest BCUT2D eigenvalue weighted by Gasteiger charge is -2.10. The zero-order valence-electron chi connectivity index (χ0n) is 12.1. The van der Waals surface area contributed by atoms with Gasteiger partial charge in [0.05, 0.1) is 32.1 Å². The molecule has 1 aromatic carbocycles. The van der Waals surface area contributed by atoms with Crippen LogP contribution in [-0.4, -0.2) is 27.6 Å². The van der Waals surface area contributed by atoms with E-state index in [1.54, 1.807) is 16.0 Å². The van der Waals surface area contributed by atoms with Gasteiger partial charge in [0, 0.05) is 16.6 Å². The summed E-state index contributed by atoms with van der Waals surface area (Å²) in [6, 6.07) is 14.1. The number of nitrogens with zero attached hydrogens (tertiary/aromatic N) is 2. The molecule has 0 bridgehead atoms. The molecule has 22 heavy (non-hydrogen) atoms. The summed E-state index contributed by atoms with van der Waals surface area (Å²) in [7, 11) is 0. The van der Waals surface area contributed by atoms with Gasteiger partial charge < -0.3 is 9.84 Å². The zero-order valence-corrected chi connectivity index (χ0v) is 12.9. The number of aromatic nitrogens is 2. The first-order chi connectivity index (χ1) is 10.8. The van der Waals surface area contributed by atoms with Crippen LogP contribution in [0.4, 0.5) is 0 Å². The van der Waals surface area contributed by atoms with Crippen molar-refractivity contribution >= 4 is 11.3 Å². The third-order valence-corrected chi connectivity index (χ3v) is 4.12. The second-order valence-electron chi connectivity index (χ2n) is 5.07. The number of aliphatic hydroxyl groups is 1. The van der Waals surface area contributed by atoms with Crippen LogP contribution in [0.2, 0.25) is 0 Å². The monoisotopic (exact) mass is 314 g/mol. The van der Waals surface area contributed by atoms with Gasteiger partial charge in [-0.3, -0.25) is 4.68 Å². The second-order valence-corrected chi connectivity index (χ2v) is 6.10. The molecule has 1 N–H and O–H groups in total. The number of rotatable bonds is 7. The van der Waals surface area contributed by atoms with E-state index in [0.717, 1.165) is 16.0 Å². The van der Waals surface area contributed by atoms with E-state index in [9.17, 15) is 5.11 Å². The zero-order chi connectivity index (χ0) is 15.2. The van der Waals surface area contributed by atoms with E-state index in [2.05, 4.69) is 5.10 Å². The van der Waals surface area contributed by atoms with Gasteiger partial charge in [-0.1, -0.05) is 36.4 Å². The van der Waals surface area contributed by atoms with Gasteiger partial charge in [0.2, 0.25) is 0 Å². The smallest absolute Gasteiger partial charge is 0.0969 e. The number of benzene rings is 1. The first-order valence-electron chi connectivity index (χ1n) is 7.17. The van der Waals surface area contributed by atoms with E-state index in [0.29, 0.717) is 19.8 Å². The van der Waals surface area contributed by atoms with Gasteiger partial charge in [-0.2, -0.15) is 5.10 Å². The Morgan fingerprint density at radius 1 is 1.14 bits per heavy atom. The normalized spacial score (nSPS) is 12.4. The number of hydrogen-bond acceptors (Lipinski definition) is 4. The fraction of sp³-hybridized carbons (Fsp3) is 0.235. The van der Waals surface area contributed by atoms with Crippen LogP contribution in [0.3, 0.4) is 0 Å². The van der Waals surface area contributed by atoms with Crippen molar-refractivity contribution in [3.05, 3.63) is 65.1 Å². The van der Waals surface area contributed by atoms with Crippen molar-refractivity contribution in [2.24, 2.45) is 0 Å². The minimum atomic E-state index is -0.566. The van der Waals surface area contributed by atoms with E-state index in [-0.39, 0.29) is 0 Å². The molecule has 0 saturated heterocycles. The largest absolute Gasteiger partial charge is 0.389 e. The molecule has 2 heterocycles. The molecule has 4 nitrogen and oxygen atoms in total. The molecule has 3 rings (SSSR count). The summed E-state index contributed by atoms with van der Waals surface area (Å²) >= 11 is 1.66. The van der Waals surface area contributed by atoms with Crippen molar-refractivity contribution in [2.45, 2.75) is 19.3 Å². The molecule has 0 aliphatic heterocycles. The van der Waals surface area contributed by atoms with Crippen LogP contribution in [0, 0.1) is 0 Å². The van der Waals surface area contributed by atoms with Crippen LogP contribution in [0.5, 0.6) is 0 Å². The molecule has 0 aliphatic rings. The molecule has 5 heteroatoms. The Balaban J connectivity index is 1.49. The first-order valence-corrected chi connectivity index (χ1v) is 8.05. The van der Waals surface area contributed by atoms with E-state index in [4.69, 9.17) is 4.74 Å². The van der Waals surface area contributed by atoms with Crippen LogP contribution in [0.25, 0.3) is 11.1 Å².